The van der Waals surface area contributed by atoms with Crippen molar-refractivity contribution in [1.82, 2.24) is 14.7 Å². The summed E-state index contributed by atoms with van der Waals surface area (Å²) in [4.78, 5) is 19.0. The molecule has 1 N–H and O–H groups in total. The molecule has 2 aromatic rings. The molecule has 0 aliphatic carbocycles. The predicted molar refractivity (Wildman–Crippen MR) is 119 cm³/mol. The van der Waals surface area contributed by atoms with Gasteiger partial charge in [0.1, 0.15) is 0 Å². The van der Waals surface area contributed by atoms with Crippen molar-refractivity contribution in [3.05, 3.63) is 70.3 Å². The van der Waals surface area contributed by atoms with E-state index in [0.717, 1.165) is 25.1 Å². The van der Waals surface area contributed by atoms with Gasteiger partial charge in [-0.3, -0.25) is 4.90 Å². The van der Waals surface area contributed by atoms with Crippen LogP contribution in [0.5, 0.6) is 0 Å². The quantitative estimate of drug-likeness (QED) is 0.799. The Bertz CT molecular complexity index is 896. The first-order valence-electron chi connectivity index (χ1n) is 11.0. The van der Waals surface area contributed by atoms with Crippen molar-refractivity contribution in [3.63, 3.8) is 0 Å². The third-order valence-corrected chi connectivity index (χ3v) is 6.36. The number of carbonyl (C=O) groups is 1. The fraction of sp³-hybridized carbons (Fsp3) is 0.480. The zero-order valence-electron chi connectivity index (χ0n) is 18.3. The number of amides is 2. The second kappa shape index (κ2) is 8.78. The van der Waals surface area contributed by atoms with E-state index in [0.29, 0.717) is 26.2 Å². The molecule has 0 saturated carbocycles. The number of aliphatic hydroxyl groups excluding tert-OH is 1. The number of fused-ring (bicyclic) bond motifs is 1. The molecule has 2 unspecified atom stereocenters. The van der Waals surface area contributed by atoms with Crippen LogP contribution in [0.25, 0.3) is 0 Å². The lowest BCUT2D eigenvalue weighted by Gasteiger charge is -2.32. The van der Waals surface area contributed by atoms with E-state index >= 15 is 0 Å². The molecule has 2 amide bonds. The van der Waals surface area contributed by atoms with Crippen LogP contribution in [0, 0.1) is 13.8 Å². The molecular weight excluding hydrogens is 374 g/mol. The minimum absolute atomic E-state index is 0.0294. The fourth-order valence-electron chi connectivity index (χ4n) is 4.65. The van der Waals surface area contributed by atoms with Crippen LogP contribution >= 0.6 is 0 Å². The molecule has 1 saturated heterocycles. The Kier molecular flexibility index (Phi) is 6.11. The topological polar surface area (TPSA) is 47.0 Å². The number of hydrogen-bond acceptors (Lipinski definition) is 3. The number of benzene rings is 2. The van der Waals surface area contributed by atoms with E-state index in [2.05, 4.69) is 68.1 Å². The summed E-state index contributed by atoms with van der Waals surface area (Å²) in [6, 6.07) is 15.1. The normalized spacial score (nSPS) is 20.5. The number of rotatable bonds is 6. The molecule has 2 atom stereocenters. The maximum absolute atomic E-state index is 12.9. The van der Waals surface area contributed by atoms with E-state index in [-0.39, 0.29) is 12.1 Å². The van der Waals surface area contributed by atoms with E-state index in [1.54, 1.807) is 0 Å². The maximum atomic E-state index is 12.9. The number of aryl methyl sites for hydroxylation is 2. The van der Waals surface area contributed by atoms with E-state index in [9.17, 15) is 9.90 Å². The Labute approximate surface area is 179 Å². The van der Waals surface area contributed by atoms with Gasteiger partial charge in [0.2, 0.25) is 0 Å². The van der Waals surface area contributed by atoms with Crippen molar-refractivity contribution in [2.24, 2.45) is 0 Å². The summed E-state index contributed by atoms with van der Waals surface area (Å²) >= 11 is 0. The van der Waals surface area contributed by atoms with E-state index < -0.39 is 6.10 Å². The van der Waals surface area contributed by atoms with Gasteiger partial charge in [-0.25, -0.2) is 4.79 Å². The van der Waals surface area contributed by atoms with Crippen LogP contribution in [0.3, 0.4) is 0 Å². The SMILES string of the molecule is Cc1ccc(CN2CC(C)N(CC(O)CN3CCc4ccc(C)cc4C3)C2=O)cc1. The minimum atomic E-state index is -0.540. The van der Waals surface area contributed by atoms with Crippen molar-refractivity contribution >= 4 is 6.03 Å². The number of aliphatic hydroxyl groups is 1. The van der Waals surface area contributed by atoms with Gasteiger partial charge in [0, 0.05) is 45.3 Å². The average molecular weight is 408 g/mol. The zero-order valence-corrected chi connectivity index (χ0v) is 18.3. The third-order valence-electron chi connectivity index (χ3n) is 6.36. The third kappa shape index (κ3) is 4.68. The second-order valence-electron chi connectivity index (χ2n) is 9.06. The van der Waals surface area contributed by atoms with Crippen molar-refractivity contribution in [2.45, 2.75) is 52.4 Å². The van der Waals surface area contributed by atoms with Crippen LogP contribution in [-0.2, 0) is 19.5 Å². The molecule has 2 aromatic carbocycles. The molecule has 0 aromatic heterocycles. The molecule has 160 valence electrons. The lowest BCUT2D eigenvalue weighted by atomic mass is 9.97. The highest BCUT2D eigenvalue weighted by molar-refractivity contribution is 5.77. The molecule has 0 radical (unpaired) electrons. The Morgan fingerprint density at radius 1 is 1.03 bits per heavy atom. The number of urea groups is 1. The highest BCUT2D eigenvalue weighted by Crippen LogP contribution is 2.22. The van der Waals surface area contributed by atoms with E-state index in [1.165, 1.54) is 22.3 Å². The molecular formula is C25H33N3O2. The molecule has 1 fully saturated rings. The molecule has 30 heavy (non-hydrogen) atoms. The summed E-state index contributed by atoms with van der Waals surface area (Å²) in [5.41, 5.74) is 6.43. The Hall–Kier alpha value is -2.37. The van der Waals surface area contributed by atoms with Gasteiger partial charge in [0.25, 0.3) is 0 Å². The van der Waals surface area contributed by atoms with Crippen molar-refractivity contribution in [1.29, 1.82) is 0 Å². The van der Waals surface area contributed by atoms with Crippen LogP contribution in [0.15, 0.2) is 42.5 Å². The average Bonchev–Trinajstić information content (AvgIpc) is 2.96. The second-order valence-corrected chi connectivity index (χ2v) is 9.06. The van der Waals surface area contributed by atoms with E-state index in [1.807, 2.05) is 9.80 Å². The van der Waals surface area contributed by atoms with Crippen molar-refractivity contribution in [3.8, 4) is 0 Å². The van der Waals surface area contributed by atoms with Crippen molar-refractivity contribution < 1.29 is 9.90 Å². The monoisotopic (exact) mass is 407 g/mol. The first kappa shape index (κ1) is 20.9. The molecule has 2 heterocycles. The summed E-state index contributed by atoms with van der Waals surface area (Å²) in [5.74, 6) is 0. The molecule has 2 aliphatic rings. The summed E-state index contributed by atoms with van der Waals surface area (Å²) < 4.78 is 0. The summed E-state index contributed by atoms with van der Waals surface area (Å²) in [5, 5.41) is 10.8. The number of β-amino-alcohol motifs (C(OH)–C–C–N with tert-alkyl or cyclic N) is 1. The maximum Gasteiger partial charge on any atom is 0.320 e. The summed E-state index contributed by atoms with van der Waals surface area (Å²) in [7, 11) is 0. The lowest BCUT2D eigenvalue weighted by Crippen LogP contribution is -2.45. The summed E-state index contributed by atoms with van der Waals surface area (Å²) in [6.45, 7) is 10.4. The van der Waals surface area contributed by atoms with Gasteiger partial charge >= 0.3 is 6.03 Å². The van der Waals surface area contributed by atoms with Crippen LogP contribution < -0.4 is 0 Å². The van der Waals surface area contributed by atoms with Gasteiger partial charge < -0.3 is 14.9 Å². The van der Waals surface area contributed by atoms with Crippen LogP contribution in [-0.4, -0.2) is 64.2 Å². The van der Waals surface area contributed by atoms with E-state index in [4.69, 9.17) is 0 Å². The lowest BCUT2D eigenvalue weighted by molar-refractivity contribution is 0.0749. The van der Waals surface area contributed by atoms with Gasteiger partial charge in [-0.2, -0.15) is 0 Å². The first-order chi connectivity index (χ1) is 14.4. The van der Waals surface area contributed by atoms with Gasteiger partial charge in [0.15, 0.2) is 0 Å². The number of hydrogen-bond donors (Lipinski definition) is 1. The zero-order chi connectivity index (χ0) is 21.3. The van der Waals surface area contributed by atoms with Gasteiger partial charge in [-0.1, -0.05) is 53.6 Å². The fourth-order valence-corrected chi connectivity index (χ4v) is 4.65. The Morgan fingerprint density at radius 2 is 1.77 bits per heavy atom. The molecule has 2 aliphatic heterocycles. The number of nitrogens with zero attached hydrogens (tertiary/aromatic N) is 3. The first-order valence-corrected chi connectivity index (χ1v) is 11.0. The highest BCUT2D eigenvalue weighted by atomic mass is 16.3. The molecule has 5 nitrogen and oxygen atoms in total. The van der Waals surface area contributed by atoms with Gasteiger partial charge in [-0.05, 0) is 43.9 Å². The van der Waals surface area contributed by atoms with Crippen LogP contribution in [0.2, 0.25) is 0 Å². The molecule has 5 heteroatoms. The number of carbonyl (C=O) groups excluding carboxylic acids is 1. The Morgan fingerprint density at radius 3 is 2.53 bits per heavy atom. The smallest absolute Gasteiger partial charge is 0.320 e. The minimum Gasteiger partial charge on any atom is -0.390 e. The molecule has 0 spiro atoms. The molecule has 4 rings (SSSR count). The predicted octanol–water partition coefficient (Wildman–Crippen LogP) is 3.35. The Balaban J connectivity index is 1.32. The largest absolute Gasteiger partial charge is 0.390 e. The summed E-state index contributed by atoms with van der Waals surface area (Å²) in [6.07, 6.45) is 0.480. The van der Waals surface area contributed by atoms with Crippen molar-refractivity contribution in [2.75, 3.05) is 26.2 Å². The van der Waals surface area contributed by atoms with Gasteiger partial charge in [0.05, 0.1) is 6.10 Å². The highest BCUT2D eigenvalue weighted by Gasteiger charge is 2.35. The molecule has 0 bridgehead atoms. The standard InChI is InChI=1S/C25H33N3O2/c1-18-4-7-21(8-5-18)14-27-13-20(3)28(25(27)30)17-24(29)16-26-11-10-22-9-6-19(2)12-23(22)15-26/h4-9,12,20,24,29H,10-11,13-17H2,1-3H3. The van der Waals surface area contributed by atoms with Gasteiger partial charge in [-0.15, -0.1) is 0 Å². The van der Waals surface area contributed by atoms with Crippen LogP contribution in [0.4, 0.5) is 4.79 Å². The van der Waals surface area contributed by atoms with Crippen LogP contribution in [0.1, 0.15) is 34.7 Å².